The number of hydrogen-bond donors (Lipinski definition) is 3. The van der Waals surface area contributed by atoms with Gasteiger partial charge in [-0.05, 0) is 19.1 Å². The van der Waals surface area contributed by atoms with Crippen molar-refractivity contribution in [1.29, 1.82) is 0 Å². The van der Waals surface area contributed by atoms with Gasteiger partial charge in [-0.2, -0.15) is 0 Å². The highest BCUT2D eigenvalue weighted by Crippen LogP contribution is 2.26. The third-order valence-corrected chi connectivity index (χ3v) is 3.55. The zero-order valence-electron chi connectivity index (χ0n) is 12.7. The Labute approximate surface area is 129 Å². The van der Waals surface area contributed by atoms with Gasteiger partial charge in [0.15, 0.2) is 0 Å². The predicted octanol–water partition coefficient (Wildman–Crippen LogP) is 0.360. The number of anilines is 1. The van der Waals surface area contributed by atoms with Crippen molar-refractivity contribution in [2.75, 3.05) is 44.2 Å². The first-order valence-corrected chi connectivity index (χ1v) is 7.43. The van der Waals surface area contributed by atoms with Crippen LogP contribution >= 0.6 is 0 Å². The van der Waals surface area contributed by atoms with Crippen molar-refractivity contribution in [3.63, 3.8) is 0 Å². The minimum atomic E-state index is -0.458. The first kappa shape index (κ1) is 16.1. The lowest BCUT2D eigenvalue weighted by atomic mass is 10.2. The van der Waals surface area contributed by atoms with E-state index in [0.717, 1.165) is 18.8 Å². The Hall–Kier alpha value is -2.28. The lowest BCUT2D eigenvalue weighted by Crippen LogP contribution is -2.51. The highest BCUT2D eigenvalue weighted by molar-refractivity contribution is 5.95. The number of rotatable bonds is 4. The smallest absolute Gasteiger partial charge is 0.321 e. The maximum absolute atomic E-state index is 11.7. The molecule has 1 aliphatic rings. The second-order valence-corrected chi connectivity index (χ2v) is 5.16. The number of carbonyl (C=O) groups is 2. The molecule has 0 radical (unpaired) electrons. The molecule has 1 aliphatic heterocycles. The van der Waals surface area contributed by atoms with Crippen LogP contribution in [0.1, 0.15) is 6.92 Å². The van der Waals surface area contributed by atoms with Crippen molar-refractivity contribution in [2.45, 2.75) is 6.92 Å². The van der Waals surface area contributed by atoms with Gasteiger partial charge in [0.1, 0.15) is 5.75 Å². The average molecular weight is 306 g/mol. The van der Waals surface area contributed by atoms with Crippen LogP contribution < -0.4 is 15.5 Å². The van der Waals surface area contributed by atoms with Crippen LogP contribution in [-0.4, -0.2) is 61.2 Å². The fourth-order valence-electron chi connectivity index (χ4n) is 2.45. The van der Waals surface area contributed by atoms with Gasteiger partial charge in [-0.25, -0.2) is 4.79 Å². The minimum Gasteiger partial charge on any atom is -0.506 e. The summed E-state index contributed by atoms with van der Waals surface area (Å²) in [6.07, 6.45) is 0. The zero-order chi connectivity index (χ0) is 15.9. The molecule has 7 nitrogen and oxygen atoms in total. The van der Waals surface area contributed by atoms with Gasteiger partial charge >= 0.3 is 6.03 Å². The van der Waals surface area contributed by atoms with Crippen LogP contribution in [-0.2, 0) is 4.79 Å². The standard InChI is InChI=1S/C15H22N4O3/c1-2-16-15(22)17-14(21)11-18-7-9-19(10-8-18)12-5-3-4-6-13(12)20/h3-6,20H,2,7-11H2,1H3,(H2,16,17,21,22). The molecule has 0 spiro atoms. The van der Waals surface area contributed by atoms with Crippen LogP contribution in [0.4, 0.5) is 10.5 Å². The van der Waals surface area contributed by atoms with Crippen LogP contribution in [0.5, 0.6) is 5.75 Å². The van der Waals surface area contributed by atoms with Gasteiger partial charge in [0, 0.05) is 32.7 Å². The van der Waals surface area contributed by atoms with Gasteiger partial charge in [-0.1, -0.05) is 12.1 Å². The minimum absolute atomic E-state index is 0.200. The molecule has 0 saturated carbocycles. The fraction of sp³-hybridized carbons (Fsp3) is 0.467. The molecule has 7 heteroatoms. The van der Waals surface area contributed by atoms with Crippen LogP contribution in [0, 0.1) is 0 Å². The number of nitrogens with one attached hydrogen (secondary N) is 2. The third kappa shape index (κ3) is 4.36. The summed E-state index contributed by atoms with van der Waals surface area (Å²) in [5.41, 5.74) is 0.814. The van der Waals surface area contributed by atoms with Crippen molar-refractivity contribution < 1.29 is 14.7 Å². The highest BCUT2D eigenvalue weighted by Gasteiger charge is 2.21. The lowest BCUT2D eigenvalue weighted by Gasteiger charge is -2.35. The van der Waals surface area contributed by atoms with Crippen molar-refractivity contribution in [3.8, 4) is 5.75 Å². The number of benzene rings is 1. The van der Waals surface area contributed by atoms with Crippen LogP contribution in [0.15, 0.2) is 24.3 Å². The summed E-state index contributed by atoms with van der Waals surface area (Å²) < 4.78 is 0. The maximum Gasteiger partial charge on any atom is 0.321 e. The third-order valence-electron chi connectivity index (χ3n) is 3.55. The summed E-state index contributed by atoms with van der Waals surface area (Å²) in [5, 5.41) is 14.7. The molecule has 1 aromatic rings. The Morgan fingerprint density at radius 3 is 2.50 bits per heavy atom. The quantitative estimate of drug-likeness (QED) is 0.748. The Morgan fingerprint density at radius 2 is 1.86 bits per heavy atom. The first-order chi connectivity index (χ1) is 10.6. The van der Waals surface area contributed by atoms with Crippen LogP contribution in [0.2, 0.25) is 0 Å². The highest BCUT2D eigenvalue weighted by atomic mass is 16.3. The largest absolute Gasteiger partial charge is 0.506 e. The summed E-state index contributed by atoms with van der Waals surface area (Å²) in [7, 11) is 0. The Balaban J connectivity index is 1.79. The number of hydrogen-bond acceptors (Lipinski definition) is 5. The summed E-state index contributed by atoms with van der Waals surface area (Å²) in [4.78, 5) is 27.1. The molecular weight excluding hydrogens is 284 g/mol. The molecule has 2 rings (SSSR count). The van der Waals surface area contributed by atoms with E-state index in [4.69, 9.17) is 0 Å². The SMILES string of the molecule is CCNC(=O)NC(=O)CN1CCN(c2ccccc2O)CC1. The molecule has 0 unspecified atom stereocenters. The molecule has 1 aromatic carbocycles. The van der Waals surface area contributed by atoms with Crippen molar-refractivity contribution in [2.24, 2.45) is 0 Å². The Morgan fingerprint density at radius 1 is 1.18 bits per heavy atom. The summed E-state index contributed by atoms with van der Waals surface area (Å²) in [5.74, 6) is -0.0353. The van der Waals surface area contributed by atoms with Gasteiger partial charge in [-0.15, -0.1) is 0 Å². The second kappa shape index (κ2) is 7.65. The van der Waals surface area contributed by atoms with Crippen LogP contribution in [0.25, 0.3) is 0 Å². The molecular formula is C15H22N4O3. The molecule has 0 aromatic heterocycles. The van der Waals surface area contributed by atoms with E-state index in [9.17, 15) is 14.7 Å². The Bertz CT molecular complexity index is 527. The number of urea groups is 1. The monoisotopic (exact) mass is 306 g/mol. The average Bonchev–Trinajstić information content (AvgIpc) is 2.49. The molecule has 1 fully saturated rings. The number of nitrogens with zero attached hydrogens (tertiary/aromatic N) is 2. The van der Waals surface area contributed by atoms with Crippen molar-refractivity contribution in [1.82, 2.24) is 15.5 Å². The van der Waals surface area contributed by atoms with Gasteiger partial charge in [-0.3, -0.25) is 15.0 Å². The van der Waals surface area contributed by atoms with E-state index in [1.807, 2.05) is 17.0 Å². The molecule has 1 saturated heterocycles. The van der Waals surface area contributed by atoms with E-state index >= 15 is 0 Å². The molecule has 3 amide bonds. The van der Waals surface area contributed by atoms with Gasteiger partial charge in [0.2, 0.25) is 5.91 Å². The zero-order valence-corrected chi connectivity index (χ0v) is 12.7. The summed E-state index contributed by atoms with van der Waals surface area (Å²) in [6, 6.07) is 6.77. The normalized spacial score (nSPS) is 15.4. The molecule has 3 N–H and O–H groups in total. The number of aromatic hydroxyl groups is 1. The lowest BCUT2D eigenvalue weighted by molar-refractivity contribution is -0.121. The first-order valence-electron chi connectivity index (χ1n) is 7.43. The van der Waals surface area contributed by atoms with Gasteiger partial charge in [0.05, 0.1) is 12.2 Å². The molecule has 1 heterocycles. The number of para-hydroxylation sites is 2. The van der Waals surface area contributed by atoms with E-state index in [1.54, 1.807) is 19.1 Å². The molecule has 0 aliphatic carbocycles. The predicted molar refractivity (Wildman–Crippen MR) is 84.0 cm³/mol. The van der Waals surface area contributed by atoms with Crippen molar-refractivity contribution >= 4 is 17.6 Å². The molecule has 120 valence electrons. The van der Waals surface area contributed by atoms with Gasteiger partial charge in [0.25, 0.3) is 0 Å². The molecule has 22 heavy (non-hydrogen) atoms. The Kier molecular flexibility index (Phi) is 5.60. The molecule has 0 bridgehead atoms. The number of phenols is 1. The summed E-state index contributed by atoms with van der Waals surface area (Å²) >= 11 is 0. The topological polar surface area (TPSA) is 84.9 Å². The number of imide groups is 1. The number of carbonyl (C=O) groups excluding carboxylic acids is 2. The van der Waals surface area contributed by atoms with E-state index < -0.39 is 6.03 Å². The van der Waals surface area contributed by atoms with Gasteiger partial charge < -0.3 is 15.3 Å². The maximum atomic E-state index is 11.7. The molecule has 0 atom stereocenters. The fourth-order valence-corrected chi connectivity index (χ4v) is 2.45. The van der Waals surface area contributed by atoms with E-state index in [1.165, 1.54) is 0 Å². The van der Waals surface area contributed by atoms with E-state index in [2.05, 4.69) is 15.5 Å². The number of phenolic OH excluding ortho intramolecular Hbond substituents is 1. The van der Waals surface area contributed by atoms with E-state index in [-0.39, 0.29) is 18.2 Å². The number of amides is 3. The summed E-state index contributed by atoms with van der Waals surface area (Å²) in [6.45, 7) is 5.35. The van der Waals surface area contributed by atoms with E-state index in [0.29, 0.717) is 19.6 Å². The van der Waals surface area contributed by atoms with Crippen LogP contribution in [0.3, 0.4) is 0 Å². The second-order valence-electron chi connectivity index (χ2n) is 5.16. The van der Waals surface area contributed by atoms with Crippen molar-refractivity contribution in [3.05, 3.63) is 24.3 Å². The number of piperazine rings is 1.